The molecule has 1 aromatic carbocycles. The molecule has 1 aromatic rings. The molecule has 0 spiro atoms. The van der Waals surface area contributed by atoms with Gasteiger partial charge in [-0.1, -0.05) is 19.9 Å². The molecule has 0 amide bonds. The van der Waals surface area contributed by atoms with E-state index in [4.69, 9.17) is 4.74 Å². The van der Waals surface area contributed by atoms with Gasteiger partial charge in [0.1, 0.15) is 0 Å². The molecule has 6 heteroatoms. The number of aliphatic hydroxyl groups is 1. The fourth-order valence-electron chi connectivity index (χ4n) is 2.51. The summed E-state index contributed by atoms with van der Waals surface area (Å²) in [5.74, 6) is 0.304. The number of methoxy groups -OCH3 is 1. The van der Waals surface area contributed by atoms with Crippen LogP contribution in [0.2, 0.25) is 0 Å². The summed E-state index contributed by atoms with van der Waals surface area (Å²) in [6, 6.07) is 5.15. The van der Waals surface area contributed by atoms with Crippen molar-refractivity contribution < 1.29 is 23.4 Å². The van der Waals surface area contributed by atoms with E-state index in [9.17, 15) is 13.9 Å². The minimum absolute atomic E-state index is 0.0275. The molecule has 2 atom stereocenters. The molecule has 118 valence electrons. The summed E-state index contributed by atoms with van der Waals surface area (Å²) in [5.41, 5.74) is 0.651. The van der Waals surface area contributed by atoms with Crippen molar-refractivity contribution in [3.05, 3.63) is 23.8 Å². The number of halogens is 2. The lowest BCUT2D eigenvalue weighted by Gasteiger charge is -2.49. The highest BCUT2D eigenvalue weighted by atomic mass is 19.3. The van der Waals surface area contributed by atoms with Crippen LogP contribution in [-0.4, -0.2) is 31.0 Å². The van der Waals surface area contributed by atoms with Gasteiger partial charge in [0.2, 0.25) is 0 Å². The molecule has 1 aliphatic rings. The number of hydrogen-bond acceptors (Lipinski definition) is 4. The van der Waals surface area contributed by atoms with Gasteiger partial charge in [-0.25, -0.2) is 0 Å². The molecular formula is C15H21F2NO3. The number of benzene rings is 1. The maximum atomic E-state index is 12.4. The van der Waals surface area contributed by atoms with Crippen LogP contribution in [-0.2, 0) is 6.54 Å². The second kappa shape index (κ2) is 6.15. The lowest BCUT2D eigenvalue weighted by molar-refractivity contribution is -0.0730. The van der Waals surface area contributed by atoms with E-state index in [1.165, 1.54) is 7.11 Å². The fourth-order valence-corrected chi connectivity index (χ4v) is 2.51. The number of hydrogen-bond donors (Lipinski definition) is 2. The predicted octanol–water partition coefficient (Wildman–Crippen LogP) is 2.55. The average Bonchev–Trinajstić information content (AvgIpc) is 2.42. The molecule has 0 aromatic heterocycles. The van der Waals surface area contributed by atoms with Crippen molar-refractivity contribution in [1.82, 2.24) is 5.32 Å². The van der Waals surface area contributed by atoms with Gasteiger partial charge in [-0.15, -0.1) is 0 Å². The quantitative estimate of drug-likeness (QED) is 0.848. The Morgan fingerprint density at radius 1 is 1.38 bits per heavy atom. The first-order valence-electron chi connectivity index (χ1n) is 6.87. The molecule has 1 saturated carbocycles. The second-order valence-corrected chi connectivity index (χ2v) is 5.87. The van der Waals surface area contributed by atoms with Gasteiger partial charge < -0.3 is 19.9 Å². The van der Waals surface area contributed by atoms with Gasteiger partial charge in [0.25, 0.3) is 0 Å². The highest BCUT2D eigenvalue weighted by Crippen LogP contribution is 2.40. The molecule has 1 aliphatic carbocycles. The van der Waals surface area contributed by atoms with Crippen LogP contribution in [0.1, 0.15) is 25.8 Å². The van der Waals surface area contributed by atoms with Crippen molar-refractivity contribution in [2.45, 2.75) is 45.6 Å². The number of alkyl halides is 2. The van der Waals surface area contributed by atoms with E-state index >= 15 is 0 Å². The van der Waals surface area contributed by atoms with E-state index in [0.717, 1.165) is 5.56 Å². The molecule has 1 fully saturated rings. The standard InChI is InChI=1S/C15H21F2NO3/c1-15(2)12(7-13(15)19)18-8-9-4-5-10(20-3)11(6-9)21-14(16)17/h4-6,12-14,18-19H,7-8H2,1-3H3. The number of nitrogens with one attached hydrogen (secondary N) is 1. The van der Waals surface area contributed by atoms with Gasteiger partial charge >= 0.3 is 6.61 Å². The summed E-state index contributed by atoms with van der Waals surface area (Å²) in [7, 11) is 1.41. The van der Waals surface area contributed by atoms with E-state index < -0.39 is 6.61 Å². The van der Waals surface area contributed by atoms with Crippen LogP contribution in [0.3, 0.4) is 0 Å². The molecule has 2 unspecified atom stereocenters. The first-order valence-corrected chi connectivity index (χ1v) is 6.87. The van der Waals surface area contributed by atoms with E-state index in [-0.39, 0.29) is 29.1 Å². The lowest BCUT2D eigenvalue weighted by atomic mass is 9.64. The first-order chi connectivity index (χ1) is 9.84. The number of ether oxygens (including phenoxy) is 2. The van der Waals surface area contributed by atoms with Crippen LogP contribution >= 0.6 is 0 Å². The summed E-state index contributed by atoms with van der Waals surface area (Å²) in [4.78, 5) is 0. The van der Waals surface area contributed by atoms with E-state index in [1.807, 2.05) is 13.8 Å². The zero-order valence-electron chi connectivity index (χ0n) is 12.4. The van der Waals surface area contributed by atoms with Gasteiger partial charge in [0, 0.05) is 18.0 Å². The highest BCUT2D eigenvalue weighted by molar-refractivity contribution is 5.43. The van der Waals surface area contributed by atoms with Crippen molar-refractivity contribution in [3.63, 3.8) is 0 Å². The third-order valence-corrected chi connectivity index (χ3v) is 4.21. The van der Waals surface area contributed by atoms with Crippen LogP contribution < -0.4 is 14.8 Å². The maximum Gasteiger partial charge on any atom is 0.387 e. The minimum atomic E-state index is -2.89. The lowest BCUT2D eigenvalue weighted by Crippen LogP contribution is -2.59. The fraction of sp³-hybridized carbons (Fsp3) is 0.600. The van der Waals surface area contributed by atoms with Crippen LogP contribution in [0.5, 0.6) is 11.5 Å². The monoisotopic (exact) mass is 301 g/mol. The van der Waals surface area contributed by atoms with Gasteiger partial charge in [0.05, 0.1) is 13.2 Å². The Kier molecular flexibility index (Phi) is 4.68. The molecule has 4 nitrogen and oxygen atoms in total. The maximum absolute atomic E-state index is 12.4. The Morgan fingerprint density at radius 3 is 2.62 bits per heavy atom. The molecule has 0 saturated heterocycles. The highest BCUT2D eigenvalue weighted by Gasteiger charge is 2.46. The van der Waals surface area contributed by atoms with Crippen molar-refractivity contribution in [2.75, 3.05) is 7.11 Å². The third-order valence-electron chi connectivity index (χ3n) is 4.21. The zero-order valence-corrected chi connectivity index (χ0v) is 12.4. The zero-order chi connectivity index (χ0) is 15.6. The van der Waals surface area contributed by atoms with Crippen molar-refractivity contribution in [3.8, 4) is 11.5 Å². The SMILES string of the molecule is COc1ccc(CNC2CC(O)C2(C)C)cc1OC(F)F. The predicted molar refractivity (Wildman–Crippen MR) is 74.7 cm³/mol. The van der Waals surface area contributed by atoms with E-state index in [2.05, 4.69) is 10.1 Å². The average molecular weight is 301 g/mol. The number of aliphatic hydroxyl groups excluding tert-OH is 1. The minimum Gasteiger partial charge on any atom is -0.493 e. The van der Waals surface area contributed by atoms with Gasteiger partial charge in [-0.2, -0.15) is 8.78 Å². The molecule has 0 radical (unpaired) electrons. The largest absolute Gasteiger partial charge is 0.493 e. The Bertz CT molecular complexity index is 494. The van der Waals surface area contributed by atoms with Crippen molar-refractivity contribution in [1.29, 1.82) is 0 Å². The summed E-state index contributed by atoms with van der Waals surface area (Å²) >= 11 is 0. The van der Waals surface area contributed by atoms with Crippen molar-refractivity contribution in [2.24, 2.45) is 5.41 Å². The molecular weight excluding hydrogens is 280 g/mol. The Balaban J connectivity index is 2.01. The smallest absolute Gasteiger partial charge is 0.387 e. The molecule has 0 bridgehead atoms. The topological polar surface area (TPSA) is 50.7 Å². The first kappa shape index (κ1) is 16.0. The molecule has 21 heavy (non-hydrogen) atoms. The molecule has 0 aliphatic heterocycles. The Labute approximate surface area is 123 Å². The summed E-state index contributed by atoms with van der Waals surface area (Å²) in [6.45, 7) is 1.63. The molecule has 2 N–H and O–H groups in total. The van der Waals surface area contributed by atoms with Gasteiger partial charge in [0.15, 0.2) is 11.5 Å². The summed E-state index contributed by atoms with van der Waals surface area (Å²) < 4.78 is 34.2. The molecule has 2 rings (SSSR count). The second-order valence-electron chi connectivity index (χ2n) is 5.87. The van der Waals surface area contributed by atoms with Crippen LogP contribution in [0, 0.1) is 5.41 Å². The third kappa shape index (κ3) is 3.44. The van der Waals surface area contributed by atoms with Crippen molar-refractivity contribution >= 4 is 0 Å². The van der Waals surface area contributed by atoms with Crippen LogP contribution in [0.25, 0.3) is 0 Å². The Hall–Kier alpha value is -1.40. The van der Waals surface area contributed by atoms with E-state index in [1.54, 1.807) is 18.2 Å². The van der Waals surface area contributed by atoms with E-state index in [0.29, 0.717) is 13.0 Å². The summed E-state index contributed by atoms with van der Waals surface area (Å²) in [6.07, 6.45) is 0.396. The van der Waals surface area contributed by atoms with Gasteiger partial charge in [-0.3, -0.25) is 0 Å². The van der Waals surface area contributed by atoms with Crippen LogP contribution in [0.15, 0.2) is 18.2 Å². The summed E-state index contributed by atoms with van der Waals surface area (Å²) in [5, 5.41) is 13.0. The number of rotatable bonds is 6. The Morgan fingerprint density at radius 2 is 2.10 bits per heavy atom. The normalized spacial score (nSPS) is 23.8. The van der Waals surface area contributed by atoms with Gasteiger partial charge in [-0.05, 0) is 24.1 Å². The molecule has 0 heterocycles. The van der Waals surface area contributed by atoms with Crippen LogP contribution in [0.4, 0.5) is 8.78 Å².